The second kappa shape index (κ2) is 5.89. The van der Waals surface area contributed by atoms with Gasteiger partial charge < -0.3 is 4.52 Å². The second-order valence-electron chi connectivity index (χ2n) is 6.06. The molecule has 0 radical (unpaired) electrons. The summed E-state index contributed by atoms with van der Waals surface area (Å²) in [6, 6.07) is 13.7. The average molecular weight is 346 g/mol. The summed E-state index contributed by atoms with van der Waals surface area (Å²) in [5.41, 5.74) is 3.74. The number of hydrogen-bond acceptors (Lipinski definition) is 6. The van der Waals surface area contributed by atoms with Gasteiger partial charge in [0.1, 0.15) is 5.69 Å². The van der Waals surface area contributed by atoms with Crippen molar-refractivity contribution in [1.29, 1.82) is 0 Å². The van der Waals surface area contributed by atoms with Gasteiger partial charge in [0.05, 0.1) is 10.7 Å². The van der Waals surface area contributed by atoms with Crippen LogP contribution < -0.4 is 0 Å². The smallest absolute Gasteiger partial charge is 0.276 e. The van der Waals surface area contributed by atoms with Crippen molar-refractivity contribution in [1.82, 2.24) is 20.1 Å². The molecular formula is C19H14N4OS. The van der Waals surface area contributed by atoms with E-state index in [-0.39, 0.29) is 0 Å². The van der Waals surface area contributed by atoms with Crippen molar-refractivity contribution in [3.05, 3.63) is 59.0 Å². The molecule has 0 atom stereocenters. The minimum Gasteiger partial charge on any atom is -0.332 e. The van der Waals surface area contributed by atoms with Gasteiger partial charge in [0.15, 0.2) is 0 Å². The fourth-order valence-electron chi connectivity index (χ4n) is 2.66. The van der Waals surface area contributed by atoms with Crippen LogP contribution in [0.5, 0.6) is 0 Å². The Morgan fingerprint density at radius 1 is 0.920 bits per heavy atom. The van der Waals surface area contributed by atoms with E-state index >= 15 is 0 Å². The SMILES string of the molecule is c1ccc(-c2nc(-c3ccc(-c4csc(C5CC5)n4)cc3)no2)nc1. The Bertz CT molecular complexity index is 1000. The molecule has 0 aliphatic heterocycles. The molecule has 3 heterocycles. The zero-order valence-electron chi connectivity index (χ0n) is 13.3. The fraction of sp³-hybridized carbons (Fsp3) is 0.158. The minimum absolute atomic E-state index is 0.424. The van der Waals surface area contributed by atoms with E-state index in [1.54, 1.807) is 17.5 Å². The van der Waals surface area contributed by atoms with E-state index in [4.69, 9.17) is 9.51 Å². The number of hydrogen-bond donors (Lipinski definition) is 0. The predicted octanol–water partition coefficient (Wildman–Crippen LogP) is 4.80. The first-order chi connectivity index (χ1) is 12.4. The second-order valence-corrected chi connectivity index (χ2v) is 6.95. The molecule has 0 N–H and O–H groups in total. The van der Waals surface area contributed by atoms with Crippen molar-refractivity contribution < 1.29 is 4.52 Å². The molecule has 4 aromatic rings. The highest BCUT2D eigenvalue weighted by molar-refractivity contribution is 7.10. The molecule has 122 valence electrons. The zero-order chi connectivity index (χ0) is 16.6. The number of rotatable bonds is 4. The van der Waals surface area contributed by atoms with E-state index < -0.39 is 0 Å². The van der Waals surface area contributed by atoms with Gasteiger partial charge >= 0.3 is 0 Å². The zero-order valence-corrected chi connectivity index (χ0v) is 14.1. The van der Waals surface area contributed by atoms with Crippen LogP contribution in [0.2, 0.25) is 0 Å². The highest BCUT2D eigenvalue weighted by Gasteiger charge is 2.26. The first-order valence-electron chi connectivity index (χ1n) is 8.18. The van der Waals surface area contributed by atoms with Crippen LogP contribution in [0.1, 0.15) is 23.8 Å². The summed E-state index contributed by atoms with van der Waals surface area (Å²) in [4.78, 5) is 13.4. The Balaban J connectivity index is 1.40. The van der Waals surface area contributed by atoms with Crippen molar-refractivity contribution in [2.45, 2.75) is 18.8 Å². The van der Waals surface area contributed by atoms with Crippen molar-refractivity contribution in [2.24, 2.45) is 0 Å². The Morgan fingerprint density at radius 3 is 2.52 bits per heavy atom. The van der Waals surface area contributed by atoms with Crippen molar-refractivity contribution in [2.75, 3.05) is 0 Å². The normalized spacial score (nSPS) is 13.9. The van der Waals surface area contributed by atoms with E-state index in [9.17, 15) is 0 Å². The molecule has 3 aromatic heterocycles. The lowest BCUT2D eigenvalue weighted by Gasteiger charge is -1.98. The van der Waals surface area contributed by atoms with Crippen LogP contribution >= 0.6 is 11.3 Å². The lowest BCUT2D eigenvalue weighted by Crippen LogP contribution is -1.84. The van der Waals surface area contributed by atoms with Crippen LogP contribution in [-0.2, 0) is 0 Å². The van der Waals surface area contributed by atoms with Crippen molar-refractivity contribution >= 4 is 11.3 Å². The number of aromatic nitrogens is 4. The summed E-state index contributed by atoms with van der Waals surface area (Å²) in [7, 11) is 0. The van der Waals surface area contributed by atoms with Gasteiger partial charge in [0.2, 0.25) is 5.82 Å². The summed E-state index contributed by atoms with van der Waals surface area (Å²) in [5, 5.41) is 7.46. The Morgan fingerprint density at radius 2 is 1.76 bits per heavy atom. The molecule has 0 saturated heterocycles. The molecule has 6 heteroatoms. The molecule has 5 nitrogen and oxygen atoms in total. The number of nitrogens with zero attached hydrogens (tertiary/aromatic N) is 4. The van der Waals surface area contributed by atoms with Gasteiger partial charge in [0.25, 0.3) is 5.89 Å². The van der Waals surface area contributed by atoms with Crippen LogP contribution in [0.4, 0.5) is 0 Å². The fourth-order valence-corrected chi connectivity index (χ4v) is 3.66. The van der Waals surface area contributed by atoms with Crippen LogP contribution in [-0.4, -0.2) is 20.1 Å². The minimum atomic E-state index is 0.424. The maximum Gasteiger partial charge on any atom is 0.276 e. The molecule has 0 spiro atoms. The molecule has 5 rings (SSSR count). The van der Waals surface area contributed by atoms with Gasteiger partial charge in [-0.2, -0.15) is 4.98 Å². The maximum atomic E-state index is 5.32. The summed E-state index contributed by atoms with van der Waals surface area (Å²) in [5.74, 6) is 1.68. The predicted molar refractivity (Wildman–Crippen MR) is 96.0 cm³/mol. The molecule has 1 aliphatic rings. The van der Waals surface area contributed by atoms with E-state index in [1.165, 1.54) is 17.8 Å². The van der Waals surface area contributed by atoms with Gasteiger partial charge in [-0.05, 0) is 25.0 Å². The highest BCUT2D eigenvalue weighted by Crippen LogP contribution is 2.42. The topological polar surface area (TPSA) is 64.7 Å². The van der Waals surface area contributed by atoms with Gasteiger partial charge in [-0.15, -0.1) is 11.3 Å². The van der Waals surface area contributed by atoms with Crippen molar-refractivity contribution in [3.63, 3.8) is 0 Å². The monoisotopic (exact) mass is 346 g/mol. The van der Waals surface area contributed by atoms with E-state index in [0.29, 0.717) is 23.3 Å². The molecule has 1 saturated carbocycles. The van der Waals surface area contributed by atoms with Gasteiger partial charge in [-0.1, -0.05) is 35.5 Å². The molecule has 0 amide bonds. The summed E-state index contributed by atoms with van der Waals surface area (Å²) in [6.07, 6.45) is 4.27. The third-order valence-corrected chi connectivity index (χ3v) is 5.20. The number of benzene rings is 1. The Hall–Kier alpha value is -2.86. The summed E-state index contributed by atoms with van der Waals surface area (Å²) in [6.45, 7) is 0. The lowest BCUT2D eigenvalue weighted by molar-refractivity contribution is 0.431. The summed E-state index contributed by atoms with van der Waals surface area (Å²) >= 11 is 1.76. The summed E-state index contributed by atoms with van der Waals surface area (Å²) < 4.78 is 5.32. The van der Waals surface area contributed by atoms with Crippen LogP contribution in [0, 0.1) is 0 Å². The van der Waals surface area contributed by atoms with Crippen molar-refractivity contribution in [3.8, 4) is 34.2 Å². The first-order valence-corrected chi connectivity index (χ1v) is 9.06. The largest absolute Gasteiger partial charge is 0.332 e. The molecule has 0 unspecified atom stereocenters. The molecular weight excluding hydrogens is 332 g/mol. The van der Waals surface area contributed by atoms with Gasteiger partial charge in [-0.3, -0.25) is 4.98 Å². The van der Waals surface area contributed by atoms with E-state index in [0.717, 1.165) is 16.8 Å². The van der Waals surface area contributed by atoms with Crippen LogP contribution in [0.3, 0.4) is 0 Å². The highest BCUT2D eigenvalue weighted by atomic mass is 32.1. The maximum absolute atomic E-state index is 5.32. The lowest BCUT2D eigenvalue weighted by atomic mass is 10.1. The molecule has 25 heavy (non-hydrogen) atoms. The number of thiazole rings is 1. The third kappa shape index (κ3) is 2.85. The first kappa shape index (κ1) is 14.5. The quantitative estimate of drug-likeness (QED) is 0.531. The molecule has 1 aliphatic carbocycles. The average Bonchev–Trinajstić information content (AvgIpc) is 3.21. The molecule has 1 aromatic carbocycles. The van der Waals surface area contributed by atoms with E-state index in [1.807, 2.05) is 30.3 Å². The third-order valence-electron chi connectivity index (χ3n) is 4.20. The standard InChI is InChI=1S/C19H14N4OS/c1-2-10-20-15(3-1)18-22-17(23-24-18)13-6-4-12(5-7-13)16-11-25-19(21-16)14-8-9-14/h1-7,10-11,14H,8-9H2. The molecule has 1 fully saturated rings. The van der Waals surface area contributed by atoms with Gasteiger partial charge in [0, 0.05) is 28.6 Å². The molecule has 0 bridgehead atoms. The van der Waals surface area contributed by atoms with E-state index in [2.05, 4.69) is 32.6 Å². The Labute approximate surface area is 148 Å². The number of pyridine rings is 1. The Kier molecular flexibility index (Phi) is 3.41. The van der Waals surface area contributed by atoms with Gasteiger partial charge in [-0.25, -0.2) is 4.98 Å². The van der Waals surface area contributed by atoms with Crippen LogP contribution in [0.15, 0.2) is 58.6 Å². The van der Waals surface area contributed by atoms with Crippen LogP contribution in [0.25, 0.3) is 34.2 Å².